The number of anilines is 1. The van der Waals surface area contributed by atoms with Crippen molar-refractivity contribution < 1.29 is 4.79 Å². The number of hydrogen-bond acceptors (Lipinski definition) is 4. The fraction of sp³-hybridized carbons (Fsp3) is 0. The predicted octanol–water partition coefficient (Wildman–Crippen LogP) is 3.46. The van der Waals surface area contributed by atoms with Crippen LogP contribution in [0.3, 0.4) is 0 Å². The van der Waals surface area contributed by atoms with E-state index in [1.165, 1.54) is 11.3 Å². The normalized spacial score (nSPS) is 10.2. The molecule has 1 heterocycles. The number of aromatic nitrogens is 2. The Hall–Kier alpha value is -2.53. The van der Waals surface area contributed by atoms with Gasteiger partial charge >= 0.3 is 0 Å². The van der Waals surface area contributed by atoms with Crippen molar-refractivity contribution in [3.8, 4) is 11.1 Å². The van der Waals surface area contributed by atoms with Gasteiger partial charge in [-0.05, 0) is 23.3 Å². The highest BCUT2D eigenvalue weighted by Crippen LogP contribution is 2.19. The minimum atomic E-state index is -0.179. The van der Waals surface area contributed by atoms with E-state index in [0.29, 0.717) is 10.7 Å². The maximum atomic E-state index is 12.0. The number of carbonyl (C=O) groups excluding carboxylic acids is 1. The lowest BCUT2D eigenvalue weighted by Gasteiger charge is -2.04. The van der Waals surface area contributed by atoms with Gasteiger partial charge in [0.1, 0.15) is 5.51 Å². The van der Waals surface area contributed by atoms with Crippen molar-refractivity contribution in [1.82, 2.24) is 10.2 Å². The van der Waals surface area contributed by atoms with E-state index in [9.17, 15) is 4.79 Å². The molecule has 1 aromatic heterocycles. The molecule has 0 aliphatic carbocycles. The molecule has 0 atom stereocenters. The average molecular weight is 281 g/mol. The predicted molar refractivity (Wildman–Crippen MR) is 79.7 cm³/mol. The fourth-order valence-electron chi connectivity index (χ4n) is 1.84. The Labute approximate surface area is 120 Å². The van der Waals surface area contributed by atoms with E-state index in [1.54, 1.807) is 17.6 Å². The van der Waals surface area contributed by atoms with Crippen molar-refractivity contribution in [3.05, 3.63) is 65.7 Å². The van der Waals surface area contributed by atoms with Crippen LogP contribution in [-0.2, 0) is 0 Å². The maximum absolute atomic E-state index is 12.0. The molecule has 0 saturated heterocycles. The number of rotatable bonds is 3. The summed E-state index contributed by atoms with van der Waals surface area (Å²) >= 11 is 1.29. The summed E-state index contributed by atoms with van der Waals surface area (Å²) in [6.45, 7) is 0. The van der Waals surface area contributed by atoms with Gasteiger partial charge in [-0.15, -0.1) is 10.2 Å². The second kappa shape index (κ2) is 5.63. The van der Waals surface area contributed by atoms with E-state index in [2.05, 4.69) is 15.5 Å². The standard InChI is InChI=1S/C15H11N3OS/c19-14(17-15-18-16-10-20-15)13-8-6-12(7-9-13)11-4-2-1-3-5-11/h1-10H,(H,17,18,19). The zero-order valence-corrected chi connectivity index (χ0v) is 11.3. The van der Waals surface area contributed by atoms with Gasteiger partial charge in [-0.25, -0.2) is 0 Å². The van der Waals surface area contributed by atoms with Crippen molar-refractivity contribution in [2.75, 3.05) is 5.32 Å². The highest BCUT2D eigenvalue weighted by Gasteiger charge is 2.08. The highest BCUT2D eigenvalue weighted by atomic mass is 32.1. The van der Waals surface area contributed by atoms with Crippen LogP contribution in [0, 0.1) is 0 Å². The Morgan fingerprint density at radius 3 is 2.30 bits per heavy atom. The monoisotopic (exact) mass is 281 g/mol. The van der Waals surface area contributed by atoms with E-state index < -0.39 is 0 Å². The largest absolute Gasteiger partial charge is 0.296 e. The highest BCUT2D eigenvalue weighted by molar-refractivity contribution is 7.13. The molecule has 3 aromatic rings. The van der Waals surface area contributed by atoms with Crippen LogP contribution < -0.4 is 5.32 Å². The molecule has 20 heavy (non-hydrogen) atoms. The summed E-state index contributed by atoms with van der Waals surface area (Å²) in [7, 11) is 0. The second-order valence-electron chi connectivity index (χ2n) is 4.14. The summed E-state index contributed by atoms with van der Waals surface area (Å²) in [5, 5.41) is 10.7. The fourth-order valence-corrected chi connectivity index (χ4v) is 2.28. The van der Waals surface area contributed by atoms with Gasteiger partial charge in [-0.1, -0.05) is 53.8 Å². The van der Waals surface area contributed by atoms with Crippen LogP contribution in [0.5, 0.6) is 0 Å². The molecule has 1 amide bonds. The summed E-state index contributed by atoms with van der Waals surface area (Å²) in [4.78, 5) is 12.0. The molecular formula is C15H11N3OS. The van der Waals surface area contributed by atoms with E-state index in [1.807, 2.05) is 42.5 Å². The first kappa shape index (κ1) is 12.5. The molecule has 2 aromatic carbocycles. The average Bonchev–Trinajstić information content (AvgIpc) is 3.01. The van der Waals surface area contributed by atoms with Crippen LogP contribution in [0.1, 0.15) is 10.4 Å². The van der Waals surface area contributed by atoms with Gasteiger partial charge in [0.2, 0.25) is 5.13 Å². The number of amides is 1. The van der Waals surface area contributed by atoms with Gasteiger partial charge < -0.3 is 0 Å². The zero-order valence-electron chi connectivity index (χ0n) is 10.5. The number of nitrogens with one attached hydrogen (secondary N) is 1. The molecule has 0 spiro atoms. The lowest BCUT2D eigenvalue weighted by Crippen LogP contribution is -2.11. The first-order valence-electron chi connectivity index (χ1n) is 6.06. The number of hydrogen-bond donors (Lipinski definition) is 1. The van der Waals surface area contributed by atoms with Crippen LogP contribution in [0.4, 0.5) is 5.13 Å². The summed E-state index contributed by atoms with van der Waals surface area (Å²) in [5.41, 5.74) is 4.38. The third kappa shape index (κ3) is 2.73. The van der Waals surface area contributed by atoms with E-state index >= 15 is 0 Å². The van der Waals surface area contributed by atoms with Crippen molar-refractivity contribution in [1.29, 1.82) is 0 Å². The van der Waals surface area contributed by atoms with E-state index in [0.717, 1.165) is 11.1 Å². The molecule has 0 unspecified atom stereocenters. The second-order valence-corrected chi connectivity index (χ2v) is 4.97. The molecule has 98 valence electrons. The zero-order chi connectivity index (χ0) is 13.8. The first-order valence-corrected chi connectivity index (χ1v) is 6.94. The van der Waals surface area contributed by atoms with Gasteiger partial charge in [0.15, 0.2) is 0 Å². The SMILES string of the molecule is O=C(Nc1nncs1)c1ccc(-c2ccccc2)cc1. The van der Waals surface area contributed by atoms with E-state index in [4.69, 9.17) is 0 Å². The van der Waals surface area contributed by atoms with E-state index in [-0.39, 0.29) is 5.91 Å². The van der Waals surface area contributed by atoms with Crippen LogP contribution in [0.2, 0.25) is 0 Å². The molecule has 5 heteroatoms. The topological polar surface area (TPSA) is 54.9 Å². The molecule has 0 radical (unpaired) electrons. The molecule has 0 fully saturated rings. The quantitative estimate of drug-likeness (QED) is 0.800. The van der Waals surface area contributed by atoms with Gasteiger partial charge in [-0.2, -0.15) is 0 Å². The molecular weight excluding hydrogens is 270 g/mol. The summed E-state index contributed by atoms with van der Waals surface area (Å²) in [6, 6.07) is 17.5. The Kier molecular flexibility index (Phi) is 3.52. The van der Waals surface area contributed by atoms with Gasteiger partial charge in [-0.3, -0.25) is 10.1 Å². The molecule has 1 N–H and O–H groups in total. The number of carbonyl (C=O) groups is 1. The molecule has 3 rings (SSSR count). The van der Waals surface area contributed by atoms with Crippen LogP contribution in [-0.4, -0.2) is 16.1 Å². The smallest absolute Gasteiger partial charge is 0.257 e. The summed E-state index contributed by atoms with van der Waals surface area (Å²) in [6.07, 6.45) is 0. The third-order valence-corrected chi connectivity index (χ3v) is 3.44. The van der Waals surface area contributed by atoms with Crippen molar-refractivity contribution in [3.63, 3.8) is 0 Å². The van der Waals surface area contributed by atoms with Gasteiger partial charge in [0, 0.05) is 5.56 Å². The van der Waals surface area contributed by atoms with Crippen LogP contribution >= 0.6 is 11.3 Å². The number of benzene rings is 2. The minimum Gasteiger partial charge on any atom is -0.296 e. The number of nitrogens with zero attached hydrogens (tertiary/aromatic N) is 2. The van der Waals surface area contributed by atoms with Crippen molar-refractivity contribution in [2.45, 2.75) is 0 Å². The first-order chi connectivity index (χ1) is 9.83. The molecule has 0 aliphatic rings. The molecule has 0 saturated carbocycles. The lowest BCUT2D eigenvalue weighted by molar-refractivity contribution is 0.102. The van der Waals surface area contributed by atoms with Crippen molar-refractivity contribution >= 4 is 22.4 Å². The summed E-state index contributed by atoms with van der Waals surface area (Å²) in [5.74, 6) is -0.179. The van der Waals surface area contributed by atoms with Crippen molar-refractivity contribution in [2.24, 2.45) is 0 Å². The summed E-state index contributed by atoms with van der Waals surface area (Å²) < 4.78 is 0. The Morgan fingerprint density at radius 2 is 1.65 bits per heavy atom. The molecule has 0 bridgehead atoms. The Balaban J connectivity index is 1.78. The lowest BCUT2D eigenvalue weighted by atomic mass is 10.0. The van der Waals surface area contributed by atoms with Gasteiger partial charge in [0.05, 0.1) is 0 Å². The van der Waals surface area contributed by atoms with Gasteiger partial charge in [0.25, 0.3) is 5.91 Å². The minimum absolute atomic E-state index is 0.179. The third-order valence-electron chi connectivity index (χ3n) is 2.83. The molecule has 4 nitrogen and oxygen atoms in total. The Morgan fingerprint density at radius 1 is 0.950 bits per heavy atom. The van der Waals surface area contributed by atoms with Crippen LogP contribution in [0.15, 0.2) is 60.1 Å². The maximum Gasteiger partial charge on any atom is 0.257 e. The molecule has 0 aliphatic heterocycles. The van der Waals surface area contributed by atoms with Crippen LogP contribution in [0.25, 0.3) is 11.1 Å². The Bertz CT molecular complexity index is 694.